The summed E-state index contributed by atoms with van der Waals surface area (Å²) in [5.41, 5.74) is 0. The Labute approximate surface area is 48.5 Å². The summed E-state index contributed by atoms with van der Waals surface area (Å²) in [6, 6.07) is 0. The van der Waals surface area contributed by atoms with Crippen LogP contribution in [-0.4, -0.2) is 13.2 Å². The minimum atomic E-state index is -0.440. The topological polar surface area (TPSA) is 29.1 Å². The first-order chi connectivity index (χ1) is 3.91. The highest BCUT2D eigenvalue weighted by Crippen LogP contribution is 1.63. The number of ether oxygens (including phenoxy) is 1. The lowest BCUT2D eigenvalue weighted by Gasteiger charge is -1.81. The molecule has 0 atom stereocenters. The summed E-state index contributed by atoms with van der Waals surface area (Å²) in [6.07, 6.45) is 6.92. The minimum Gasteiger partial charge on any atom is -0.433 e. The van der Waals surface area contributed by atoms with Crippen molar-refractivity contribution in [2.24, 2.45) is 0 Å². The van der Waals surface area contributed by atoms with Crippen LogP contribution < -0.4 is 0 Å². The Morgan fingerprint density at radius 3 is 2.88 bits per heavy atom. The Morgan fingerprint density at radius 2 is 2.38 bits per heavy atom. The van der Waals surface area contributed by atoms with Crippen LogP contribution in [0.5, 0.6) is 0 Å². The van der Waals surface area contributed by atoms with Gasteiger partial charge in [-0.3, -0.25) is 0 Å². The molecule has 8 heavy (non-hydrogen) atoms. The molecule has 0 saturated heterocycles. The molecule has 0 spiro atoms. The zero-order valence-electron chi connectivity index (χ0n) is 4.31. The van der Waals surface area contributed by atoms with Gasteiger partial charge in [-0.15, -0.1) is 6.42 Å². The molecule has 0 aromatic heterocycles. The van der Waals surface area contributed by atoms with Gasteiger partial charge in [0.2, 0.25) is 0 Å². The highest BCUT2D eigenvalue weighted by Gasteiger charge is 1.67. The molecular formula is C6H5O2. The van der Waals surface area contributed by atoms with Gasteiger partial charge < -0.3 is 4.74 Å². The molecule has 41 valence electrons. The van der Waals surface area contributed by atoms with Crippen molar-refractivity contribution in [1.82, 2.24) is 0 Å². The molecule has 0 fully saturated rings. The van der Waals surface area contributed by atoms with Crippen LogP contribution in [0.3, 0.4) is 0 Å². The van der Waals surface area contributed by atoms with Gasteiger partial charge in [-0.05, 0) is 5.92 Å². The van der Waals surface area contributed by atoms with Crippen molar-refractivity contribution >= 4 is 0 Å². The first kappa shape index (κ1) is 6.88. The second kappa shape index (κ2) is 5.88. The van der Waals surface area contributed by atoms with Gasteiger partial charge in [-0.25, -0.2) is 5.11 Å². The summed E-state index contributed by atoms with van der Waals surface area (Å²) in [6.45, 7) is -0.294. The van der Waals surface area contributed by atoms with Crippen LogP contribution in [0.2, 0.25) is 0 Å². The van der Waals surface area contributed by atoms with E-state index in [9.17, 15) is 5.11 Å². The number of rotatable bonds is 1. The lowest BCUT2D eigenvalue weighted by Crippen LogP contribution is -1.80. The second-order valence-corrected chi connectivity index (χ2v) is 0.916. The highest BCUT2D eigenvalue weighted by atomic mass is 16.5. The third-order valence-electron chi connectivity index (χ3n) is 0.372. The molecule has 0 amide bonds. The fourth-order valence-corrected chi connectivity index (χ4v) is 0.158. The van der Waals surface area contributed by atoms with Crippen LogP contribution in [0.1, 0.15) is 0 Å². The van der Waals surface area contributed by atoms with Crippen molar-refractivity contribution in [3.05, 3.63) is 0 Å². The van der Waals surface area contributed by atoms with Gasteiger partial charge in [-0.1, -0.05) is 5.92 Å². The van der Waals surface area contributed by atoms with Crippen LogP contribution in [-0.2, 0) is 9.84 Å². The van der Waals surface area contributed by atoms with E-state index in [0.29, 0.717) is 0 Å². The molecule has 0 rings (SSSR count). The zero-order valence-corrected chi connectivity index (χ0v) is 4.31. The lowest BCUT2D eigenvalue weighted by atomic mass is 10.7. The molecule has 1 radical (unpaired) electrons. The maximum atomic E-state index is 9.59. The number of hydrogen-bond acceptors (Lipinski definition) is 1. The summed E-state index contributed by atoms with van der Waals surface area (Å²) in [5, 5.41) is 9.59. The van der Waals surface area contributed by atoms with Gasteiger partial charge in [0.15, 0.2) is 6.61 Å². The van der Waals surface area contributed by atoms with E-state index in [1.54, 1.807) is 0 Å². The average molecular weight is 109 g/mol. The van der Waals surface area contributed by atoms with E-state index >= 15 is 0 Å². The molecule has 0 aliphatic rings. The summed E-state index contributed by atoms with van der Waals surface area (Å²) < 4.78 is 4.43. The smallest absolute Gasteiger partial charge is 0.160 e. The molecule has 0 aromatic carbocycles. The standard InChI is InChI=1S/C6H5O2/c1-2-5-8-6-3-4-7/h1H,4-5H2. The minimum absolute atomic E-state index is 0.146. The highest BCUT2D eigenvalue weighted by molar-refractivity contribution is 4.93. The van der Waals surface area contributed by atoms with Gasteiger partial charge in [0.25, 0.3) is 0 Å². The predicted octanol–water partition coefficient (Wildman–Crippen LogP) is 0.0276. The van der Waals surface area contributed by atoms with Gasteiger partial charge >= 0.3 is 0 Å². The molecule has 0 unspecified atom stereocenters. The van der Waals surface area contributed by atoms with E-state index in [1.165, 1.54) is 0 Å². The summed E-state index contributed by atoms with van der Waals surface area (Å²) in [4.78, 5) is 0. The molecule has 0 aliphatic carbocycles. The van der Waals surface area contributed by atoms with E-state index in [2.05, 4.69) is 22.7 Å². The van der Waals surface area contributed by atoms with Gasteiger partial charge in [-0.2, -0.15) is 0 Å². The number of hydrogen-bond donors (Lipinski definition) is 0. The number of terminal acetylenes is 1. The first-order valence-electron chi connectivity index (χ1n) is 2.03. The molecule has 2 nitrogen and oxygen atoms in total. The third kappa shape index (κ3) is 4.88. The van der Waals surface area contributed by atoms with Gasteiger partial charge in [0, 0.05) is 0 Å². The summed E-state index contributed by atoms with van der Waals surface area (Å²) >= 11 is 0. The van der Waals surface area contributed by atoms with Crippen LogP contribution >= 0.6 is 0 Å². The van der Waals surface area contributed by atoms with E-state index < -0.39 is 6.61 Å². The average Bonchev–Trinajstić information content (AvgIpc) is 1.81. The van der Waals surface area contributed by atoms with Crippen molar-refractivity contribution in [1.29, 1.82) is 0 Å². The Morgan fingerprint density at radius 1 is 1.62 bits per heavy atom. The van der Waals surface area contributed by atoms with E-state index in [4.69, 9.17) is 6.42 Å². The maximum Gasteiger partial charge on any atom is 0.160 e. The Hall–Kier alpha value is -1.12. The molecule has 0 N–H and O–H groups in total. The molecule has 2 heteroatoms. The van der Waals surface area contributed by atoms with Gasteiger partial charge in [0.1, 0.15) is 12.7 Å². The molecule has 0 saturated carbocycles. The SMILES string of the molecule is C#CCOC#CC[O]. The summed E-state index contributed by atoms with van der Waals surface area (Å²) in [7, 11) is 0. The fraction of sp³-hybridized carbons (Fsp3) is 0.333. The van der Waals surface area contributed by atoms with E-state index in [1.807, 2.05) is 0 Å². The van der Waals surface area contributed by atoms with Crippen molar-refractivity contribution in [2.75, 3.05) is 13.2 Å². The zero-order chi connectivity index (χ0) is 6.24. The maximum absolute atomic E-state index is 9.59. The quantitative estimate of drug-likeness (QED) is 0.345. The van der Waals surface area contributed by atoms with Crippen molar-refractivity contribution in [3.63, 3.8) is 0 Å². The third-order valence-corrected chi connectivity index (χ3v) is 0.372. The normalized spacial score (nSPS) is 6.00. The first-order valence-corrected chi connectivity index (χ1v) is 2.03. The van der Waals surface area contributed by atoms with Crippen LogP contribution in [0, 0.1) is 24.4 Å². The Balaban J connectivity index is 3.06. The molecule has 0 bridgehead atoms. The monoisotopic (exact) mass is 109 g/mol. The summed E-state index contributed by atoms with van der Waals surface area (Å²) in [5.74, 6) is 4.36. The largest absolute Gasteiger partial charge is 0.433 e. The van der Waals surface area contributed by atoms with Crippen molar-refractivity contribution in [3.8, 4) is 24.4 Å². The van der Waals surface area contributed by atoms with Crippen molar-refractivity contribution < 1.29 is 9.84 Å². The molecular weight excluding hydrogens is 104 g/mol. The molecule has 0 aromatic rings. The fourth-order valence-electron chi connectivity index (χ4n) is 0.158. The Bertz CT molecular complexity index is 133. The van der Waals surface area contributed by atoms with Crippen LogP contribution in [0.15, 0.2) is 0 Å². The molecule has 0 aliphatic heterocycles. The second-order valence-electron chi connectivity index (χ2n) is 0.916. The van der Waals surface area contributed by atoms with Gasteiger partial charge in [0.05, 0.1) is 0 Å². The molecule has 0 heterocycles. The van der Waals surface area contributed by atoms with Crippen molar-refractivity contribution in [2.45, 2.75) is 0 Å². The Kier molecular flexibility index (Phi) is 5.06. The lowest BCUT2D eigenvalue weighted by molar-refractivity contribution is 0.236. The predicted molar refractivity (Wildman–Crippen MR) is 28.1 cm³/mol. The van der Waals surface area contributed by atoms with Crippen LogP contribution in [0.4, 0.5) is 0 Å². The van der Waals surface area contributed by atoms with E-state index in [-0.39, 0.29) is 6.61 Å². The van der Waals surface area contributed by atoms with Crippen LogP contribution in [0.25, 0.3) is 0 Å². The van der Waals surface area contributed by atoms with E-state index in [0.717, 1.165) is 0 Å².